The number of nitrogens with one attached hydrogen (secondary N) is 1. The van der Waals surface area contributed by atoms with E-state index in [9.17, 15) is 4.79 Å². The van der Waals surface area contributed by atoms with E-state index >= 15 is 0 Å². The first-order chi connectivity index (χ1) is 9.20. The lowest BCUT2D eigenvalue weighted by atomic mass is 10.1. The normalized spacial score (nSPS) is 19.5. The van der Waals surface area contributed by atoms with E-state index in [4.69, 9.17) is 4.74 Å². The average Bonchev–Trinajstić information content (AvgIpc) is 2.42. The second kappa shape index (κ2) is 6.63. The number of ether oxygens (including phenoxy) is 1. The highest BCUT2D eigenvalue weighted by molar-refractivity contribution is 5.78. The van der Waals surface area contributed by atoms with E-state index in [0.717, 1.165) is 17.8 Å². The topological polar surface area (TPSA) is 54.5 Å². The zero-order valence-corrected chi connectivity index (χ0v) is 11.6. The minimum atomic E-state index is 0.0903. The van der Waals surface area contributed by atoms with Crippen molar-refractivity contribution >= 4 is 5.91 Å². The number of hydrogen-bond donors (Lipinski definition) is 1. The Balaban J connectivity index is 1.94. The fourth-order valence-electron chi connectivity index (χ4n) is 2.26. The summed E-state index contributed by atoms with van der Waals surface area (Å²) in [5, 5.41) is 3.08. The first-order valence-corrected chi connectivity index (χ1v) is 6.65. The van der Waals surface area contributed by atoms with Crippen molar-refractivity contribution in [1.29, 1.82) is 0 Å². The molecule has 0 spiro atoms. The van der Waals surface area contributed by atoms with E-state index in [0.29, 0.717) is 26.1 Å². The van der Waals surface area contributed by atoms with E-state index in [2.05, 4.69) is 10.3 Å². The van der Waals surface area contributed by atoms with Crippen LogP contribution in [0.15, 0.2) is 18.3 Å². The average molecular weight is 263 g/mol. The van der Waals surface area contributed by atoms with Gasteiger partial charge in [0, 0.05) is 25.8 Å². The summed E-state index contributed by atoms with van der Waals surface area (Å²) < 4.78 is 5.60. The molecule has 1 unspecified atom stereocenters. The molecule has 1 N–H and O–H groups in total. The summed E-state index contributed by atoms with van der Waals surface area (Å²) in [5.41, 5.74) is 1.93. The van der Waals surface area contributed by atoms with Crippen LogP contribution in [0.25, 0.3) is 0 Å². The molecule has 5 heteroatoms. The van der Waals surface area contributed by atoms with E-state index in [1.807, 2.05) is 31.0 Å². The van der Waals surface area contributed by atoms with E-state index < -0.39 is 0 Å². The van der Waals surface area contributed by atoms with Gasteiger partial charge in [-0.1, -0.05) is 6.07 Å². The van der Waals surface area contributed by atoms with Gasteiger partial charge in [0.1, 0.15) is 0 Å². The summed E-state index contributed by atoms with van der Waals surface area (Å²) in [5.74, 6) is 0.131. The third-order valence-electron chi connectivity index (χ3n) is 3.36. The third kappa shape index (κ3) is 3.75. The molecule has 1 aromatic rings. The summed E-state index contributed by atoms with van der Waals surface area (Å²) in [7, 11) is 1.89. The van der Waals surface area contributed by atoms with E-state index in [-0.39, 0.29) is 12.0 Å². The summed E-state index contributed by atoms with van der Waals surface area (Å²) in [6.45, 7) is 4.70. The van der Waals surface area contributed by atoms with Crippen LogP contribution in [-0.4, -0.2) is 55.2 Å². The molecule has 1 aliphatic rings. The molecule has 1 fully saturated rings. The molecular formula is C14H21N3O2. The van der Waals surface area contributed by atoms with Crippen molar-refractivity contribution in [2.45, 2.75) is 19.4 Å². The predicted octanol–water partition coefficient (Wildman–Crippen LogP) is 0.379. The molecular weight excluding hydrogens is 242 g/mol. The first kappa shape index (κ1) is 14.0. The largest absolute Gasteiger partial charge is 0.373 e. The number of amides is 1. The monoisotopic (exact) mass is 263 g/mol. The van der Waals surface area contributed by atoms with Gasteiger partial charge in [0.15, 0.2) is 0 Å². The Morgan fingerprint density at radius 3 is 3.21 bits per heavy atom. The molecule has 1 aliphatic heterocycles. The second-order valence-corrected chi connectivity index (χ2v) is 4.83. The molecule has 1 aromatic heterocycles. The maximum absolute atomic E-state index is 12.3. The number of rotatable bonds is 4. The SMILES string of the molecule is CNCC1CN(C(=O)Cc2ncccc2C)CCO1. The highest BCUT2D eigenvalue weighted by Crippen LogP contribution is 2.09. The number of carbonyl (C=O) groups is 1. The highest BCUT2D eigenvalue weighted by atomic mass is 16.5. The molecule has 0 radical (unpaired) electrons. The Kier molecular flexibility index (Phi) is 4.87. The lowest BCUT2D eigenvalue weighted by Crippen LogP contribution is -2.49. The Morgan fingerprint density at radius 1 is 1.63 bits per heavy atom. The molecule has 19 heavy (non-hydrogen) atoms. The number of likely N-dealkylation sites (N-methyl/N-ethyl adjacent to an activating group) is 1. The van der Waals surface area contributed by atoms with Gasteiger partial charge in [-0.15, -0.1) is 0 Å². The summed E-state index contributed by atoms with van der Waals surface area (Å²) in [6, 6.07) is 3.87. The molecule has 0 aliphatic carbocycles. The number of hydrogen-bond acceptors (Lipinski definition) is 4. The van der Waals surface area contributed by atoms with Crippen molar-refractivity contribution in [1.82, 2.24) is 15.2 Å². The maximum Gasteiger partial charge on any atom is 0.228 e. The van der Waals surface area contributed by atoms with Crippen molar-refractivity contribution in [3.63, 3.8) is 0 Å². The van der Waals surface area contributed by atoms with Crippen LogP contribution < -0.4 is 5.32 Å². The molecule has 1 amide bonds. The molecule has 104 valence electrons. The number of aryl methyl sites for hydroxylation is 1. The number of morpholine rings is 1. The van der Waals surface area contributed by atoms with Gasteiger partial charge in [0.2, 0.25) is 5.91 Å². The van der Waals surface area contributed by atoms with Crippen molar-refractivity contribution < 1.29 is 9.53 Å². The fraction of sp³-hybridized carbons (Fsp3) is 0.571. The van der Waals surface area contributed by atoms with Crippen LogP contribution in [0.1, 0.15) is 11.3 Å². The van der Waals surface area contributed by atoms with Gasteiger partial charge >= 0.3 is 0 Å². The first-order valence-electron chi connectivity index (χ1n) is 6.65. The standard InChI is InChI=1S/C14H21N3O2/c1-11-4-3-5-16-13(11)8-14(18)17-6-7-19-12(10-17)9-15-2/h3-5,12,15H,6-10H2,1-2H3. The number of aromatic nitrogens is 1. The zero-order chi connectivity index (χ0) is 13.7. The van der Waals surface area contributed by atoms with Gasteiger partial charge in [0.05, 0.1) is 24.8 Å². The molecule has 0 bridgehead atoms. The smallest absolute Gasteiger partial charge is 0.228 e. The molecule has 2 rings (SSSR count). The van der Waals surface area contributed by atoms with Gasteiger partial charge in [-0.2, -0.15) is 0 Å². The van der Waals surface area contributed by atoms with Gasteiger partial charge in [-0.25, -0.2) is 0 Å². The Bertz CT molecular complexity index is 434. The van der Waals surface area contributed by atoms with E-state index in [1.165, 1.54) is 0 Å². The van der Waals surface area contributed by atoms with Crippen LogP contribution in [-0.2, 0) is 16.0 Å². The van der Waals surface area contributed by atoms with Crippen molar-refractivity contribution in [2.24, 2.45) is 0 Å². The van der Waals surface area contributed by atoms with Crippen LogP contribution in [0, 0.1) is 6.92 Å². The van der Waals surface area contributed by atoms with E-state index in [1.54, 1.807) is 6.20 Å². The maximum atomic E-state index is 12.3. The Morgan fingerprint density at radius 2 is 2.47 bits per heavy atom. The van der Waals surface area contributed by atoms with Gasteiger partial charge in [-0.05, 0) is 25.6 Å². The van der Waals surface area contributed by atoms with Crippen LogP contribution in [0.4, 0.5) is 0 Å². The van der Waals surface area contributed by atoms with Gasteiger partial charge < -0.3 is 15.0 Å². The Hall–Kier alpha value is -1.46. The molecule has 5 nitrogen and oxygen atoms in total. The number of pyridine rings is 1. The summed E-state index contributed by atoms with van der Waals surface area (Å²) in [4.78, 5) is 18.4. The fourth-order valence-corrected chi connectivity index (χ4v) is 2.26. The third-order valence-corrected chi connectivity index (χ3v) is 3.36. The minimum Gasteiger partial charge on any atom is -0.373 e. The number of nitrogens with zero attached hydrogens (tertiary/aromatic N) is 2. The molecule has 0 aromatic carbocycles. The second-order valence-electron chi connectivity index (χ2n) is 4.83. The summed E-state index contributed by atoms with van der Waals surface area (Å²) >= 11 is 0. The van der Waals surface area contributed by atoms with Crippen molar-refractivity contribution in [3.8, 4) is 0 Å². The van der Waals surface area contributed by atoms with Crippen LogP contribution in [0.2, 0.25) is 0 Å². The number of carbonyl (C=O) groups excluding carboxylic acids is 1. The minimum absolute atomic E-state index is 0.0903. The lowest BCUT2D eigenvalue weighted by Gasteiger charge is -2.33. The van der Waals surface area contributed by atoms with Gasteiger partial charge in [0.25, 0.3) is 0 Å². The van der Waals surface area contributed by atoms with Crippen molar-refractivity contribution in [2.75, 3.05) is 33.3 Å². The zero-order valence-electron chi connectivity index (χ0n) is 11.6. The quantitative estimate of drug-likeness (QED) is 0.853. The van der Waals surface area contributed by atoms with Gasteiger partial charge in [-0.3, -0.25) is 9.78 Å². The Labute approximate surface area is 114 Å². The van der Waals surface area contributed by atoms with Crippen molar-refractivity contribution in [3.05, 3.63) is 29.6 Å². The molecule has 1 atom stereocenters. The lowest BCUT2D eigenvalue weighted by molar-refractivity contribution is -0.137. The molecule has 1 saturated heterocycles. The molecule has 0 saturated carbocycles. The summed E-state index contributed by atoms with van der Waals surface area (Å²) in [6.07, 6.45) is 2.20. The predicted molar refractivity (Wildman–Crippen MR) is 72.9 cm³/mol. The highest BCUT2D eigenvalue weighted by Gasteiger charge is 2.24. The molecule has 2 heterocycles. The van der Waals surface area contributed by atoms with Crippen LogP contribution in [0.3, 0.4) is 0 Å². The van der Waals surface area contributed by atoms with Crippen LogP contribution in [0.5, 0.6) is 0 Å². The van der Waals surface area contributed by atoms with Crippen LogP contribution >= 0.6 is 0 Å².